The summed E-state index contributed by atoms with van der Waals surface area (Å²) in [5.41, 5.74) is 2.08. The van der Waals surface area contributed by atoms with Gasteiger partial charge in [-0.1, -0.05) is 48.5 Å². The minimum atomic E-state index is -0.731. The number of hydrogen-bond donors (Lipinski definition) is 2. The van der Waals surface area contributed by atoms with E-state index in [0.29, 0.717) is 19.4 Å². The van der Waals surface area contributed by atoms with E-state index in [4.69, 9.17) is 9.84 Å². The second kappa shape index (κ2) is 9.21. The molecule has 2 aromatic rings. The third-order valence-electron chi connectivity index (χ3n) is 5.00. The number of rotatable bonds is 7. The molecule has 1 amide bonds. The highest BCUT2D eigenvalue weighted by atomic mass is 16.5. The fraction of sp³-hybridized carbons (Fsp3) is 0.364. The highest BCUT2D eigenvalue weighted by Gasteiger charge is 2.26. The van der Waals surface area contributed by atoms with Crippen molar-refractivity contribution >= 4 is 11.9 Å². The first-order chi connectivity index (χ1) is 13.1. The minimum Gasteiger partial charge on any atom is -0.492 e. The number of carboxylic acid groups (broad SMARTS) is 1. The molecule has 5 heteroatoms. The molecule has 0 bridgehead atoms. The van der Waals surface area contributed by atoms with Gasteiger partial charge in [-0.15, -0.1) is 0 Å². The van der Waals surface area contributed by atoms with Crippen molar-refractivity contribution in [3.8, 4) is 16.9 Å². The number of carbonyl (C=O) groups excluding carboxylic acids is 1. The van der Waals surface area contributed by atoms with E-state index in [2.05, 4.69) is 5.32 Å². The Labute approximate surface area is 159 Å². The van der Waals surface area contributed by atoms with Gasteiger partial charge in [0.25, 0.3) is 0 Å². The van der Waals surface area contributed by atoms with Gasteiger partial charge in [0, 0.05) is 11.6 Å². The first-order valence-electron chi connectivity index (χ1n) is 9.43. The SMILES string of the molecule is O=C(CCOc1ccccc1-c1ccccc1)NC1CCC(C(=O)O)CC1. The molecule has 2 aromatic carbocycles. The molecule has 0 aliphatic heterocycles. The molecule has 5 nitrogen and oxygen atoms in total. The van der Waals surface area contributed by atoms with Crippen LogP contribution >= 0.6 is 0 Å². The van der Waals surface area contributed by atoms with E-state index in [1.165, 1.54) is 0 Å². The molecular weight excluding hydrogens is 342 g/mol. The maximum atomic E-state index is 12.2. The lowest BCUT2D eigenvalue weighted by molar-refractivity contribution is -0.142. The molecule has 2 N–H and O–H groups in total. The summed E-state index contributed by atoms with van der Waals surface area (Å²) in [4.78, 5) is 23.1. The number of hydrogen-bond acceptors (Lipinski definition) is 3. The van der Waals surface area contributed by atoms with Crippen LogP contribution in [0.4, 0.5) is 0 Å². The molecule has 0 unspecified atom stereocenters. The molecular formula is C22H25NO4. The normalized spacial score (nSPS) is 19.3. The zero-order valence-corrected chi connectivity index (χ0v) is 15.3. The summed E-state index contributed by atoms with van der Waals surface area (Å²) in [5, 5.41) is 12.0. The lowest BCUT2D eigenvalue weighted by atomic mass is 9.86. The third-order valence-corrected chi connectivity index (χ3v) is 5.00. The van der Waals surface area contributed by atoms with Crippen molar-refractivity contribution in [2.75, 3.05) is 6.61 Å². The van der Waals surface area contributed by atoms with Crippen molar-refractivity contribution in [3.05, 3.63) is 54.6 Å². The Hall–Kier alpha value is -2.82. The molecule has 0 radical (unpaired) electrons. The summed E-state index contributed by atoms with van der Waals surface area (Å²) >= 11 is 0. The van der Waals surface area contributed by atoms with Crippen LogP contribution in [0.3, 0.4) is 0 Å². The maximum Gasteiger partial charge on any atom is 0.306 e. The van der Waals surface area contributed by atoms with Crippen molar-refractivity contribution in [3.63, 3.8) is 0 Å². The minimum absolute atomic E-state index is 0.0500. The smallest absolute Gasteiger partial charge is 0.306 e. The Morgan fingerprint density at radius 2 is 1.63 bits per heavy atom. The van der Waals surface area contributed by atoms with Crippen LogP contribution in [0, 0.1) is 5.92 Å². The monoisotopic (exact) mass is 367 g/mol. The third kappa shape index (κ3) is 5.33. The van der Waals surface area contributed by atoms with Gasteiger partial charge in [-0.05, 0) is 37.3 Å². The van der Waals surface area contributed by atoms with Gasteiger partial charge in [0.2, 0.25) is 5.91 Å². The van der Waals surface area contributed by atoms with Gasteiger partial charge in [0.15, 0.2) is 0 Å². The first kappa shape index (κ1) is 19.0. The standard InChI is InChI=1S/C22H25NO4/c24-21(23-18-12-10-17(11-13-18)22(25)26)14-15-27-20-9-5-4-8-19(20)16-6-2-1-3-7-16/h1-9,17-18H,10-15H2,(H,23,24)(H,25,26). The van der Waals surface area contributed by atoms with Crippen molar-refractivity contribution in [1.82, 2.24) is 5.32 Å². The van der Waals surface area contributed by atoms with Crippen LogP contribution in [0.2, 0.25) is 0 Å². The average Bonchev–Trinajstić information content (AvgIpc) is 2.69. The summed E-state index contributed by atoms with van der Waals surface area (Å²) in [6, 6.07) is 17.9. The molecule has 1 aliphatic rings. The number of aliphatic carboxylic acids is 1. The quantitative estimate of drug-likeness (QED) is 0.779. The molecule has 0 saturated heterocycles. The molecule has 1 aliphatic carbocycles. The molecule has 1 saturated carbocycles. The number of ether oxygens (including phenoxy) is 1. The Morgan fingerprint density at radius 3 is 2.33 bits per heavy atom. The summed E-state index contributed by atoms with van der Waals surface area (Å²) in [6.45, 7) is 0.306. The highest BCUT2D eigenvalue weighted by molar-refractivity contribution is 5.76. The van der Waals surface area contributed by atoms with Crippen molar-refractivity contribution in [2.45, 2.75) is 38.1 Å². The van der Waals surface area contributed by atoms with E-state index < -0.39 is 5.97 Å². The average molecular weight is 367 g/mol. The van der Waals surface area contributed by atoms with Crippen molar-refractivity contribution in [1.29, 1.82) is 0 Å². The Morgan fingerprint density at radius 1 is 0.963 bits per heavy atom. The molecule has 27 heavy (non-hydrogen) atoms. The largest absolute Gasteiger partial charge is 0.492 e. The molecule has 142 valence electrons. The lowest BCUT2D eigenvalue weighted by Crippen LogP contribution is -2.39. The highest BCUT2D eigenvalue weighted by Crippen LogP contribution is 2.29. The van der Waals surface area contributed by atoms with Gasteiger partial charge >= 0.3 is 5.97 Å². The number of benzene rings is 2. The molecule has 0 aromatic heterocycles. The van der Waals surface area contributed by atoms with Crippen LogP contribution in [-0.4, -0.2) is 29.6 Å². The van der Waals surface area contributed by atoms with Crippen LogP contribution in [0.1, 0.15) is 32.1 Å². The summed E-state index contributed by atoms with van der Waals surface area (Å²) in [6.07, 6.45) is 2.98. The lowest BCUT2D eigenvalue weighted by Gasteiger charge is -2.26. The fourth-order valence-corrected chi connectivity index (χ4v) is 3.49. The summed E-state index contributed by atoms with van der Waals surface area (Å²) in [5.74, 6) is -0.286. The zero-order valence-electron chi connectivity index (χ0n) is 15.3. The van der Waals surface area contributed by atoms with Gasteiger partial charge in [-0.3, -0.25) is 9.59 Å². The van der Waals surface area contributed by atoms with Crippen molar-refractivity contribution in [2.24, 2.45) is 5.92 Å². The van der Waals surface area contributed by atoms with E-state index in [1.807, 2.05) is 54.6 Å². The second-order valence-electron chi connectivity index (χ2n) is 6.91. The van der Waals surface area contributed by atoms with Crippen LogP contribution < -0.4 is 10.1 Å². The molecule has 3 rings (SSSR count). The number of nitrogens with one attached hydrogen (secondary N) is 1. The topological polar surface area (TPSA) is 75.6 Å². The fourth-order valence-electron chi connectivity index (χ4n) is 3.49. The number of para-hydroxylation sites is 1. The van der Waals surface area contributed by atoms with Gasteiger partial charge in [-0.2, -0.15) is 0 Å². The van der Waals surface area contributed by atoms with E-state index in [9.17, 15) is 9.59 Å². The van der Waals surface area contributed by atoms with Crippen LogP contribution in [-0.2, 0) is 9.59 Å². The van der Waals surface area contributed by atoms with Gasteiger partial charge in [0.1, 0.15) is 5.75 Å². The number of carboxylic acids is 1. The van der Waals surface area contributed by atoms with Crippen LogP contribution in [0.25, 0.3) is 11.1 Å². The van der Waals surface area contributed by atoms with E-state index in [1.54, 1.807) is 0 Å². The molecule has 1 fully saturated rings. The number of carbonyl (C=O) groups is 2. The van der Waals surface area contributed by atoms with Crippen molar-refractivity contribution < 1.29 is 19.4 Å². The van der Waals surface area contributed by atoms with Gasteiger partial charge < -0.3 is 15.2 Å². The van der Waals surface area contributed by atoms with E-state index in [0.717, 1.165) is 29.7 Å². The van der Waals surface area contributed by atoms with E-state index >= 15 is 0 Å². The van der Waals surface area contributed by atoms with Gasteiger partial charge in [-0.25, -0.2) is 0 Å². The maximum absolute atomic E-state index is 12.2. The van der Waals surface area contributed by atoms with Crippen LogP contribution in [0.15, 0.2) is 54.6 Å². The van der Waals surface area contributed by atoms with Crippen LogP contribution in [0.5, 0.6) is 5.75 Å². The summed E-state index contributed by atoms with van der Waals surface area (Å²) < 4.78 is 5.86. The van der Waals surface area contributed by atoms with Gasteiger partial charge in [0.05, 0.1) is 18.9 Å². The molecule has 0 heterocycles. The number of amides is 1. The Balaban J connectivity index is 1.47. The first-order valence-corrected chi connectivity index (χ1v) is 9.43. The Bertz CT molecular complexity index is 767. The summed E-state index contributed by atoms with van der Waals surface area (Å²) in [7, 11) is 0. The molecule has 0 spiro atoms. The molecule has 0 atom stereocenters. The second-order valence-corrected chi connectivity index (χ2v) is 6.91. The zero-order chi connectivity index (χ0) is 19.1. The predicted octanol–water partition coefficient (Wildman–Crippen LogP) is 3.88. The predicted molar refractivity (Wildman–Crippen MR) is 104 cm³/mol. The Kier molecular flexibility index (Phi) is 6.47. The van der Waals surface area contributed by atoms with E-state index in [-0.39, 0.29) is 24.3 Å².